The third kappa shape index (κ3) is 3.78. The molecule has 4 rings (SSSR count). The van der Waals surface area contributed by atoms with Crippen LogP contribution in [0.15, 0.2) is 47.6 Å². The predicted octanol–water partition coefficient (Wildman–Crippen LogP) is 2.61. The van der Waals surface area contributed by atoms with E-state index in [9.17, 15) is 13.2 Å². The Morgan fingerprint density at radius 3 is 2.33 bits per heavy atom. The molecule has 0 aliphatic carbocycles. The molecular formula is C20H25N3O3S. The summed E-state index contributed by atoms with van der Waals surface area (Å²) in [5.74, 6) is 0.216. The van der Waals surface area contributed by atoms with E-state index in [-0.39, 0.29) is 5.91 Å². The second kappa shape index (κ2) is 7.11. The van der Waals surface area contributed by atoms with Crippen LogP contribution in [0.4, 0.5) is 0 Å². The molecule has 0 radical (unpaired) electrons. The molecule has 0 N–H and O–H groups in total. The molecule has 2 aliphatic heterocycles. The molecule has 7 heteroatoms. The van der Waals surface area contributed by atoms with E-state index >= 15 is 0 Å². The lowest BCUT2D eigenvalue weighted by atomic mass is 9.96. The molecule has 0 saturated carbocycles. The van der Waals surface area contributed by atoms with Crippen molar-refractivity contribution >= 4 is 15.7 Å². The lowest BCUT2D eigenvalue weighted by Gasteiger charge is -2.39. The van der Waals surface area contributed by atoms with Crippen molar-refractivity contribution in [2.24, 2.45) is 0 Å². The Morgan fingerprint density at radius 2 is 1.78 bits per heavy atom. The van der Waals surface area contributed by atoms with Crippen molar-refractivity contribution in [2.75, 3.05) is 6.26 Å². The van der Waals surface area contributed by atoms with Gasteiger partial charge in [-0.2, -0.15) is 5.10 Å². The highest BCUT2D eigenvalue weighted by Crippen LogP contribution is 2.40. The fraction of sp³-hybridized carbons (Fsp3) is 0.500. The smallest absolute Gasteiger partial charge is 0.223 e. The summed E-state index contributed by atoms with van der Waals surface area (Å²) in [6.07, 6.45) is 10.3. The molecule has 2 aromatic rings. The van der Waals surface area contributed by atoms with Gasteiger partial charge in [0.1, 0.15) is 0 Å². The van der Waals surface area contributed by atoms with Crippen LogP contribution in [0.25, 0.3) is 0 Å². The highest BCUT2D eigenvalue weighted by atomic mass is 32.2. The summed E-state index contributed by atoms with van der Waals surface area (Å²) in [4.78, 5) is 15.3. The molecular weight excluding hydrogens is 362 g/mol. The number of carbonyl (C=O) groups excluding carboxylic acids is 1. The number of amides is 1. The summed E-state index contributed by atoms with van der Waals surface area (Å²) >= 11 is 0. The number of aromatic nitrogens is 2. The number of piperidine rings is 1. The lowest BCUT2D eigenvalue weighted by molar-refractivity contribution is -0.136. The van der Waals surface area contributed by atoms with Crippen LogP contribution >= 0.6 is 0 Å². The minimum atomic E-state index is -3.18. The van der Waals surface area contributed by atoms with Gasteiger partial charge in [-0.1, -0.05) is 12.1 Å². The van der Waals surface area contributed by atoms with Crippen LogP contribution in [0.5, 0.6) is 0 Å². The SMILES string of the molecule is CS(=O)(=O)c1ccc(CCC(=O)N2C3CCC2CC(n2cccn2)C3)cc1. The summed E-state index contributed by atoms with van der Waals surface area (Å²) < 4.78 is 25.1. The van der Waals surface area contributed by atoms with Gasteiger partial charge in [-0.15, -0.1) is 0 Å². The number of benzene rings is 1. The van der Waals surface area contributed by atoms with Gasteiger partial charge in [0, 0.05) is 37.2 Å². The van der Waals surface area contributed by atoms with Gasteiger partial charge < -0.3 is 4.90 Å². The Labute approximate surface area is 160 Å². The maximum Gasteiger partial charge on any atom is 0.223 e. The first kappa shape index (κ1) is 18.2. The van der Waals surface area contributed by atoms with Crippen LogP contribution in [0.3, 0.4) is 0 Å². The molecule has 6 nitrogen and oxygen atoms in total. The van der Waals surface area contributed by atoms with Gasteiger partial charge in [-0.25, -0.2) is 8.42 Å². The van der Waals surface area contributed by atoms with Crippen molar-refractivity contribution in [3.8, 4) is 0 Å². The zero-order valence-corrected chi connectivity index (χ0v) is 16.3. The van der Waals surface area contributed by atoms with Crippen LogP contribution < -0.4 is 0 Å². The molecule has 2 atom stereocenters. The van der Waals surface area contributed by atoms with Gasteiger partial charge in [0.2, 0.25) is 5.91 Å². The Kier molecular flexibility index (Phi) is 4.80. The molecule has 2 fully saturated rings. The second-order valence-corrected chi connectivity index (χ2v) is 9.73. The Hall–Kier alpha value is -2.15. The summed E-state index contributed by atoms with van der Waals surface area (Å²) in [5, 5.41) is 4.38. The van der Waals surface area contributed by atoms with Crippen molar-refractivity contribution in [3.05, 3.63) is 48.3 Å². The molecule has 2 bridgehead atoms. The van der Waals surface area contributed by atoms with E-state index in [4.69, 9.17) is 0 Å². The molecule has 2 saturated heterocycles. The number of sulfone groups is 1. The number of aryl methyl sites for hydroxylation is 1. The van der Waals surface area contributed by atoms with E-state index in [2.05, 4.69) is 10.00 Å². The number of nitrogens with zero attached hydrogens (tertiary/aromatic N) is 3. The fourth-order valence-electron chi connectivity index (χ4n) is 4.55. The zero-order chi connectivity index (χ0) is 19.0. The van der Waals surface area contributed by atoms with Crippen LogP contribution in [0.1, 0.15) is 43.7 Å². The van der Waals surface area contributed by atoms with Crippen LogP contribution in [0, 0.1) is 0 Å². The number of hydrogen-bond donors (Lipinski definition) is 0. The molecule has 1 amide bonds. The van der Waals surface area contributed by atoms with E-state index in [0.29, 0.717) is 35.9 Å². The van der Waals surface area contributed by atoms with Crippen molar-refractivity contribution in [1.82, 2.24) is 14.7 Å². The minimum Gasteiger partial charge on any atom is -0.337 e. The Bertz CT molecular complexity index is 892. The summed E-state index contributed by atoms with van der Waals surface area (Å²) in [5.41, 5.74) is 0.995. The summed E-state index contributed by atoms with van der Waals surface area (Å²) in [6.45, 7) is 0. The predicted molar refractivity (Wildman–Crippen MR) is 102 cm³/mol. The first-order chi connectivity index (χ1) is 12.9. The Morgan fingerprint density at radius 1 is 1.11 bits per heavy atom. The highest BCUT2D eigenvalue weighted by Gasteiger charge is 2.43. The van der Waals surface area contributed by atoms with Crippen LogP contribution in [-0.2, 0) is 21.1 Å². The lowest BCUT2D eigenvalue weighted by Crippen LogP contribution is -2.47. The molecule has 27 heavy (non-hydrogen) atoms. The summed E-state index contributed by atoms with van der Waals surface area (Å²) in [6, 6.07) is 9.84. The van der Waals surface area contributed by atoms with Crippen LogP contribution in [0.2, 0.25) is 0 Å². The van der Waals surface area contributed by atoms with Gasteiger partial charge in [-0.05, 0) is 55.9 Å². The number of hydrogen-bond acceptors (Lipinski definition) is 4. The van der Waals surface area contributed by atoms with Crippen molar-refractivity contribution in [3.63, 3.8) is 0 Å². The van der Waals surface area contributed by atoms with E-state index < -0.39 is 9.84 Å². The molecule has 144 valence electrons. The molecule has 2 aliphatic rings. The third-order valence-corrected chi connectivity index (χ3v) is 7.00. The maximum atomic E-state index is 12.9. The molecule has 0 spiro atoms. The van der Waals surface area contributed by atoms with Gasteiger partial charge in [0.05, 0.1) is 10.9 Å². The van der Waals surface area contributed by atoms with Crippen molar-refractivity contribution < 1.29 is 13.2 Å². The van der Waals surface area contributed by atoms with E-state index in [1.54, 1.807) is 12.1 Å². The zero-order valence-electron chi connectivity index (χ0n) is 15.5. The number of carbonyl (C=O) groups is 1. The topological polar surface area (TPSA) is 72.3 Å². The van der Waals surface area contributed by atoms with E-state index in [1.807, 2.05) is 35.3 Å². The first-order valence-electron chi connectivity index (χ1n) is 9.51. The van der Waals surface area contributed by atoms with Gasteiger partial charge in [0.15, 0.2) is 9.84 Å². The average molecular weight is 388 g/mol. The average Bonchev–Trinajstić information content (AvgIpc) is 3.26. The largest absolute Gasteiger partial charge is 0.337 e. The normalized spacial score (nSPS) is 24.9. The highest BCUT2D eigenvalue weighted by molar-refractivity contribution is 7.90. The quantitative estimate of drug-likeness (QED) is 0.791. The monoisotopic (exact) mass is 387 g/mol. The number of fused-ring (bicyclic) bond motifs is 2. The third-order valence-electron chi connectivity index (χ3n) is 5.87. The standard InChI is InChI=1S/C20H25N3O3S/c1-27(25,26)19-8-3-15(4-9-19)5-10-20(24)23-16-6-7-17(23)14-18(13-16)22-12-2-11-21-22/h2-4,8-9,11-12,16-18H,5-7,10,13-14H2,1H3. The van der Waals surface area contributed by atoms with Gasteiger partial charge in [0.25, 0.3) is 0 Å². The van der Waals surface area contributed by atoms with Crippen molar-refractivity contribution in [2.45, 2.75) is 61.5 Å². The second-order valence-electron chi connectivity index (χ2n) is 7.71. The molecule has 1 aromatic heterocycles. The number of rotatable bonds is 5. The first-order valence-corrected chi connectivity index (χ1v) is 11.4. The summed E-state index contributed by atoms with van der Waals surface area (Å²) in [7, 11) is -3.18. The van der Waals surface area contributed by atoms with Gasteiger partial charge >= 0.3 is 0 Å². The maximum absolute atomic E-state index is 12.9. The molecule has 2 unspecified atom stereocenters. The molecule has 3 heterocycles. The fourth-order valence-corrected chi connectivity index (χ4v) is 5.18. The van der Waals surface area contributed by atoms with E-state index in [0.717, 1.165) is 31.2 Å². The van der Waals surface area contributed by atoms with Crippen molar-refractivity contribution in [1.29, 1.82) is 0 Å². The molecule has 1 aromatic carbocycles. The van der Waals surface area contributed by atoms with E-state index in [1.165, 1.54) is 6.26 Å². The van der Waals surface area contributed by atoms with Gasteiger partial charge in [-0.3, -0.25) is 9.48 Å². The Balaban J connectivity index is 1.37. The minimum absolute atomic E-state index is 0.216. The van der Waals surface area contributed by atoms with Crippen LogP contribution in [-0.4, -0.2) is 47.3 Å².